The molecular formula is C17H15BrClN3O3. The number of hydrazone groups is 1. The van der Waals surface area contributed by atoms with Crippen LogP contribution in [0.3, 0.4) is 0 Å². The Labute approximate surface area is 158 Å². The average molecular weight is 425 g/mol. The standard InChI is InChI=1S/C17H15BrClN3O3/c1-25-15-7-6-11(8-14(15)19)9-21-22-16(23)10-20-17(24)12-4-2-3-5-13(12)18/h2-9H,10H2,1H3,(H,20,24)(H,22,23)/b21-9-. The van der Waals surface area contributed by atoms with Gasteiger partial charge in [0, 0.05) is 4.47 Å². The van der Waals surface area contributed by atoms with Crippen molar-refractivity contribution in [3.63, 3.8) is 0 Å². The highest BCUT2D eigenvalue weighted by Crippen LogP contribution is 2.24. The van der Waals surface area contributed by atoms with E-state index in [9.17, 15) is 9.59 Å². The summed E-state index contributed by atoms with van der Waals surface area (Å²) in [7, 11) is 1.53. The number of methoxy groups -OCH3 is 1. The Morgan fingerprint density at radius 3 is 2.72 bits per heavy atom. The number of halogens is 2. The minimum Gasteiger partial charge on any atom is -0.495 e. The Balaban J connectivity index is 1.83. The third kappa shape index (κ3) is 5.58. The fraction of sp³-hybridized carbons (Fsp3) is 0.118. The summed E-state index contributed by atoms with van der Waals surface area (Å²) in [5.41, 5.74) is 3.48. The van der Waals surface area contributed by atoms with Crippen LogP contribution in [-0.2, 0) is 4.79 Å². The van der Waals surface area contributed by atoms with Gasteiger partial charge in [0.15, 0.2) is 0 Å². The van der Waals surface area contributed by atoms with Gasteiger partial charge < -0.3 is 10.1 Å². The summed E-state index contributed by atoms with van der Waals surface area (Å²) in [6, 6.07) is 12.0. The summed E-state index contributed by atoms with van der Waals surface area (Å²) >= 11 is 9.28. The van der Waals surface area contributed by atoms with Crippen LogP contribution in [0.15, 0.2) is 52.0 Å². The lowest BCUT2D eigenvalue weighted by molar-refractivity contribution is -0.120. The lowest BCUT2D eigenvalue weighted by Crippen LogP contribution is -2.35. The van der Waals surface area contributed by atoms with Crippen molar-refractivity contribution in [2.75, 3.05) is 13.7 Å². The van der Waals surface area contributed by atoms with E-state index in [0.29, 0.717) is 26.4 Å². The zero-order valence-corrected chi connectivity index (χ0v) is 15.6. The smallest absolute Gasteiger partial charge is 0.259 e. The van der Waals surface area contributed by atoms with Gasteiger partial charge in [-0.1, -0.05) is 23.7 Å². The quantitative estimate of drug-likeness (QED) is 0.553. The van der Waals surface area contributed by atoms with E-state index in [1.807, 2.05) is 0 Å². The van der Waals surface area contributed by atoms with Gasteiger partial charge >= 0.3 is 0 Å². The highest BCUT2D eigenvalue weighted by Gasteiger charge is 2.10. The van der Waals surface area contributed by atoms with Gasteiger partial charge in [0.1, 0.15) is 5.75 Å². The van der Waals surface area contributed by atoms with Gasteiger partial charge in [-0.05, 0) is 51.8 Å². The summed E-state index contributed by atoms with van der Waals surface area (Å²) in [4.78, 5) is 23.7. The molecule has 2 aromatic carbocycles. The molecule has 25 heavy (non-hydrogen) atoms. The van der Waals surface area contributed by atoms with E-state index in [-0.39, 0.29) is 12.5 Å². The lowest BCUT2D eigenvalue weighted by Gasteiger charge is -2.06. The third-order valence-corrected chi connectivity index (χ3v) is 4.09. The second-order valence-corrected chi connectivity index (χ2v) is 6.11. The summed E-state index contributed by atoms with van der Waals surface area (Å²) < 4.78 is 5.71. The van der Waals surface area contributed by atoms with Crippen LogP contribution < -0.4 is 15.5 Å². The summed E-state index contributed by atoms with van der Waals surface area (Å²) in [5.74, 6) is -0.248. The summed E-state index contributed by atoms with van der Waals surface area (Å²) in [6.07, 6.45) is 1.44. The number of nitrogens with one attached hydrogen (secondary N) is 2. The fourth-order valence-electron chi connectivity index (χ4n) is 1.88. The van der Waals surface area contributed by atoms with E-state index in [2.05, 4.69) is 31.8 Å². The van der Waals surface area contributed by atoms with E-state index in [1.54, 1.807) is 42.5 Å². The normalized spacial score (nSPS) is 10.5. The second kappa shape index (κ2) is 9.19. The minimum absolute atomic E-state index is 0.194. The molecule has 0 aromatic heterocycles. The third-order valence-electron chi connectivity index (χ3n) is 3.11. The number of amides is 2. The predicted octanol–water partition coefficient (Wildman–Crippen LogP) is 2.99. The molecule has 6 nitrogen and oxygen atoms in total. The molecule has 8 heteroatoms. The molecule has 0 heterocycles. The van der Waals surface area contributed by atoms with Crippen molar-refractivity contribution in [1.82, 2.24) is 10.7 Å². The van der Waals surface area contributed by atoms with E-state index in [0.717, 1.165) is 0 Å². The second-order valence-electron chi connectivity index (χ2n) is 4.85. The van der Waals surface area contributed by atoms with E-state index in [4.69, 9.17) is 16.3 Å². The Bertz CT molecular complexity index is 811. The van der Waals surface area contributed by atoms with Crippen LogP contribution in [0.25, 0.3) is 0 Å². The van der Waals surface area contributed by atoms with Crippen molar-refractivity contribution in [2.24, 2.45) is 5.10 Å². The summed E-state index contributed by atoms with van der Waals surface area (Å²) in [5, 5.41) is 6.78. The zero-order valence-electron chi connectivity index (χ0n) is 13.3. The molecule has 0 unspecified atom stereocenters. The molecule has 0 saturated heterocycles. The molecule has 2 rings (SSSR count). The Kier molecular flexibility index (Phi) is 6.97. The first kappa shape index (κ1) is 19.0. The molecule has 2 N–H and O–H groups in total. The number of hydrogen-bond donors (Lipinski definition) is 2. The molecular weight excluding hydrogens is 410 g/mol. The maximum Gasteiger partial charge on any atom is 0.259 e. The van der Waals surface area contributed by atoms with Crippen LogP contribution in [0.1, 0.15) is 15.9 Å². The molecule has 0 aliphatic heterocycles. The largest absolute Gasteiger partial charge is 0.495 e. The van der Waals surface area contributed by atoms with Crippen molar-refractivity contribution in [3.05, 3.63) is 63.1 Å². The highest BCUT2D eigenvalue weighted by atomic mass is 79.9. The van der Waals surface area contributed by atoms with Crippen LogP contribution in [-0.4, -0.2) is 31.7 Å². The van der Waals surface area contributed by atoms with Crippen LogP contribution in [0.5, 0.6) is 5.75 Å². The topological polar surface area (TPSA) is 79.8 Å². The summed E-state index contributed by atoms with van der Waals surface area (Å²) in [6.45, 7) is -0.194. The fourth-order valence-corrected chi connectivity index (χ4v) is 2.61. The first-order valence-electron chi connectivity index (χ1n) is 7.19. The maximum atomic E-state index is 12.0. The van der Waals surface area contributed by atoms with Gasteiger partial charge in [0.2, 0.25) is 0 Å². The number of carbonyl (C=O) groups excluding carboxylic acids is 2. The van der Waals surface area contributed by atoms with Gasteiger partial charge in [-0.15, -0.1) is 0 Å². The molecule has 0 atom stereocenters. The van der Waals surface area contributed by atoms with Crippen LogP contribution in [0.2, 0.25) is 5.02 Å². The minimum atomic E-state index is -0.448. The predicted molar refractivity (Wildman–Crippen MR) is 100 cm³/mol. The Hall–Kier alpha value is -2.38. The van der Waals surface area contributed by atoms with Crippen molar-refractivity contribution < 1.29 is 14.3 Å². The van der Waals surface area contributed by atoms with Gasteiger partial charge in [-0.25, -0.2) is 5.43 Å². The van der Waals surface area contributed by atoms with Crippen molar-refractivity contribution in [3.8, 4) is 5.75 Å². The first-order chi connectivity index (χ1) is 12.0. The van der Waals surface area contributed by atoms with Crippen molar-refractivity contribution in [2.45, 2.75) is 0 Å². The molecule has 2 aromatic rings. The van der Waals surface area contributed by atoms with E-state index in [1.165, 1.54) is 13.3 Å². The van der Waals surface area contributed by atoms with Crippen LogP contribution >= 0.6 is 27.5 Å². The monoisotopic (exact) mass is 423 g/mol. The highest BCUT2D eigenvalue weighted by molar-refractivity contribution is 9.10. The molecule has 0 radical (unpaired) electrons. The van der Waals surface area contributed by atoms with Crippen LogP contribution in [0, 0.1) is 0 Å². The molecule has 0 aliphatic carbocycles. The molecule has 2 amide bonds. The SMILES string of the molecule is COc1ccc(/C=N\NC(=O)CNC(=O)c2ccccc2Br)cc1Cl. The molecule has 0 saturated carbocycles. The lowest BCUT2D eigenvalue weighted by atomic mass is 10.2. The van der Waals surface area contributed by atoms with Gasteiger partial charge in [-0.2, -0.15) is 5.10 Å². The van der Waals surface area contributed by atoms with Gasteiger partial charge in [0.25, 0.3) is 11.8 Å². The van der Waals surface area contributed by atoms with Crippen LogP contribution in [0.4, 0.5) is 0 Å². The Morgan fingerprint density at radius 2 is 2.04 bits per heavy atom. The molecule has 130 valence electrons. The molecule has 0 bridgehead atoms. The number of ether oxygens (including phenoxy) is 1. The number of carbonyl (C=O) groups is 2. The average Bonchev–Trinajstić information content (AvgIpc) is 2.60. The van der Waals surface area contributed by atoms with E-state index >= 15 is 0 Å². The Morgan fingerprint density at radius 1 is 1.28 bits per heavy atom. The zero-order chi connectivity index (χ0) is 18.2. The number of rotatable bonds is 6. The molecule has 0 fully saturated rings. The molecule has 0 spiro atoms. The number of hydrogen-bond acceptors (Lipinski definition) is 4. The first-order valence-corrected chi connectivity index (χ1v) is 8.36. The number of nitrogens with zero attached hydrogens (tertiary/aromatic N) is 1. The van der Waals surface area contributed by atoms with Gasteiger partial charge in [0.05, 0.1) is 30.5 Å². The molecule has 0 aliphatic rings. The van der Waals surface area contributed by atoms with Gasteiger partial charge in [-0.3, -0.25) is 9.59 Å². The van der Waals surface area contributed by atoms with Crippen molar-refractivity contribution >= 4 is 45.6 Å². The number of benzene rings is 2. The van der Waals surface area contributed by atoms with E-state index < -0.39 is 5.91 Å². The maximum absolute atomic E-state index is 12.0. The van der Waals surface area contributed by atoms with Crippen molar-refractivity contribution in [1.29, 1.82) is 0 Å².